The molecule has 0 aliphatic carbocycles. The van der Waals surface area contributed by atoms with Crippen molar-refractivity contribution in [2.45, 2.75) is 26.7 Å². The molecule has 2 rings (SSSR count). The highest BCUT2D eigenvalue weighted by atomic mass is 16.1. The molecule has 1 amide bonds. The van der Waals surface area contributed by atoms with E-state index in [1.807, 2.05) is 12.1 Å². The molecule has 0 radical (unpaired) electrons. The number of nitrogens with two attached hydrogens (primary N) is 1. The van der Waals surface area contributed by atoms with E-state index < -0.39 is 0 Å². The van der Waals surface area contributed by atoms with Gasteiger partial charge in [0, 0.05) is 5.56 Å². The predicted octanol–water partition coefficient (Wildman–Crippen LogP) is 3.71. The molecule has 2 nitrogen and oxygen atoms in total. The zero-order valence-electron chi connectivity index (χ0n) is 11.4. The Morgan fingerprint density at radius 1 is 1.05 bits per heavy atom. The van der Waals surface area contributed by atoms with Crippen LogP contribution in [0, 0.1) is 6.92 Å². The fraction of sp³-hybridized carbons (Fsp3) is 0.235. The van der Waals surface area contributed by atoms with Crippen LogP contribution in [-0.2, 0) is 6.42 Å². The third-order valence-corrected chi connectivity index (χ3v) is 3.27. The minimum atomic E-state index is -0.348. The fourth-order valence-corrected chi connectivity index (χ4v) is 2.24. The molecule has 0 saturated heterocycles. The van der Waals surface area contributed by atoms with Crippen LogP contribution in [0.25, 0.3) is 11.1 Å². The number of hydrogen-bond donors (Lipinski definition) is 1. The lowest BCUT2D eigenvalue weighted by Gasteiger charge is -2.09. The van der Waals surface area contributed by atoms with Crippen LogP contribution in [0.5, 0.6) is 0 Å². The van der Waals surface area contributed by atoms with Gasteiger partial charge in [-0.15, -0.1) is 0 Å². The maximum atomic E-state index is 11.4. The van der Waals surface area contributed by atoms with Crippen molar-refractivity contribution in [2.24, 2.45) is 5.73 Å². The number of amides is 1. The summed E-state index contributed by atoms with van der Waals surface area (Å²) in [6.07, 6.45) is 1.87. The minimum absolute atomic E-state index is 0.348. The van der Waals surface area contributed by atoms with Gasteiger partial charge in [-0.25, -0.2) is 0 Å². The van der Waals surface area contributed by atoms with Crippen LogP contribution in [0.1, 0.15) is 34.8 Å². The van der Waals surface area contributed by atoms with E-state index in [2.05, 4.69) is 44.2 Å². The quantitative estimate of drug-likeness (QED) is 0.886. The van der Waals surface area contributed by atoms with E-state index in [0.29, 0.717) is 5.56 Å². The van der Waals surface area contributed by atoms with Crippen molar-refractivity contribution in [3.63, 3.8) is 0 Å². The van der Waals surface area contributed by atoms with Crippen LogP contribution < -0.4 is 5.73 Å². The molecule has 2 aromatic rings. The fourth-order valence-electron chi connectivity index (χ4n) is 2.24. The summed E-state index contributed by atoms with van der Waals surface area (Å²) in [5, 5.41) is 0. The zero-order chi connectivity index (χ0) is 13.8. The highest BCUT2D eigenvalue weighted by Gasteiger charge is 2.09. The molecule has 0 unspecified atom stereocenters. The van der Waals surface area contributed by atoms with Gasteiger partial charge in [-0.05, 0) is 36.1 Å². The number of primary amides is 1. The Hall–Kier alpha value is -2.09. The second kappa shape index (κ2) is 5.70. The van der Waals surface area contributed by atoms with Crippen LogP contribution in [0.3, 0.4) is 0 Å². The van der Waals surface area contributed by atoms with Gasteiger partial charge < -0.3 is 5.73 Å². The Morgan fingerprint density at radius 2 is 1.68 bits per heavy atom. The third-order valence-electron chi connectivity index (χ3n) is 3.27. The van der Waals surface area contributed by atoms with Gasteiger partial charge in [0.2, 0.25) is 5.91 Å². The van der Waals surface area contributed by atoms with Gasteiger partial charge >= 0.3 is 0 Å². The van der Waals surface area contributed by atoms with E-state index in [1.165, 1.54) is 11.1 Å². The number of rotatable bonds is 4. The lowest BCUT2D eigenvalue weighted by molar-refractivity contribution is 0.0999. The second-order valence-electron chi connectivity index (χ2n) is 4.85. The minimum Gasteiger partial charge on any atom is -0.366 e. The summed E-state index contributed by atoms with van der Waals surface area (Å²) in [6.45, 7) is 4.17. The number of carbonyl (C=O) groups excluding carboxylic acids is 1. The molecule has 19 heavy (non-hydrogen) atoms. The first-order valence-electron chi connectivity index (χ1n) is 6.61. The lowest BCUT2D eigenvalue weighted by atomic mass is 9.96. The SMILES string of the molecule is CCCc1cc(-c2ccc(C)cc2)ccc1C(N)=O. The average Bonchev–Trinajstić information content (AvgIpc) is 2.39. The first-order chi connectivity index (χ1) is 9.11. The maximum absolute atomic E-state index is 11.4. The van der Waals surface area contributed by atoms with Crippen molar-refractivity contribution >= 4 is 5.91 Å². The van der Waals surface area contributed by atoms with Crippen LogP contribution in [0.2, 0.25) is 0 Å². The van der Waals surface area contributed by atoms with Gasteiger partial charge in [0.15, 0.2) is 0 Å². The van der Waals surface area contributed by atoms with Crippen molar-refractivity contribution in [2.75, 3.05) is 0 Å². The number of benzene rings is 2. The molecule has 0 atom stereocenters. The van der Waals surface area contributed by atoms with E-state index in [-0.39, 0.29) is 5.91 Å². The van der Waals surface area contributed by atoms with Gasteiger partial charge in [0.25, 0.3) is 0 Å². The molecule has 0 spiro atoms. The molecule has 0 fully saturated rings. The smallest absolute Gasteiger partial charge is 0.248 e. The molecule has 0 heterocycles. The van der Waals surface area contributed by atoms with Crippen LogP contribution in [0.15, 0.2) is 42.5 Å². The molecule has 0 aliphatic heterocycles. The van der Waals surface area contributed by atoms with Gasteiger partial charge in [-0.1, -0.05) is 55.3 Å². The Balaban J connectivity index is 2.45. The van der Waals surface area contributed by atoms with Crippen molar-refractivity contribution in [3.05, 3.63) is 59.2 Å². The molecular formula is C17H19NO. The summed E-state index contributed by atoms with van der Waals surface area (Å²) in [6, 6.07) is 14.3. The van der Waals surface area contributed by atoms with E-state index in [4.69, 9.17) is 5.73 Å². The first kappa shape index (κ1) is 13.3. The van der Waals surface area contributed by atoms with Gasteiger partial charge in [-0.3, -0.25) is 4.79 Å². The molecule has 2 aromatic carbocycles. The number of aryl methyl sites for hydroxylation is 2. The molecular weight excluding hydrogens is 234 g/mol. The van der Waals surface area contributed by atoms with Crippen LogP contribution >= 0.6 is 0 Å². The van der Waals surface area contributed by atoms with Crippen molar-refractivity contribution in [1.29, 1.82) is 0 Å². The summed E-state index contributed by atoms with van der Waals surface area (Å²) in [5.74, 6) is -0.348. The standard InChI is InChI=1S/C17H19NO/c1-3-4-15-11-14(9-10-16(15)17(18)19)13-7-5-12(2)6-8-13/h5-11H,3-4H2,1-2H3,(H2,18,19). The summed E-state index contributed by atoms with van der Waals surface area (Å²) < 4.78 is 0. The highest BCUT2D eigenvalue weighted by molar-refractivity contribution is 5.95. The van der Waals surface area contributed by atoms with Crippen molar-refractivity contribution in [3.8, 4) is 11.1 Å². The Kier molecular flexibility index (Phi) is 4.00. The topological polar surface area (TPSA) is 43.1 Å². The highest BCUT2D eigenvalue weighted by Crippen LogP contribution is 2.23. The van der Waals surface area contributed by atoms with E-state index >= 15 is 0 Å². The Bertz CT molecular complexity index is 585. The molecule has 2 heteroatoms. The Morgan fingerprint density at radius 3 is 2.26 bits per heavy atom. The van der Waals surface area contributed by atoms with Crippen LogP contribution in [0.4, 0.5) is 0 Å². The van der Waals surface area contributed by atoms with Gasteiger partial charge in [-0.2, -0.15) is 0 Å². The van der Waals surface area contributed by atoms with Crippen molar-refractivity contribution < 1.29 is 4.79 Å². The lowest BCUT2D eigenvalue weighted by Crippen LogP contribution is -2.13. The summed E-state index contributed by atoms with van der Waals surface area (Å²) in [5.41, 5.74) is 10.6. The molecule has 98 valence electrons. The van der Waals surface area contributed by atoms with Gasteiger partial charge in [0.05, 0.1) is 0 Å². The second-order valence-corrected chi connectivity index (χ2v) is 4.85. The molecule has 0 aromatic heterocycles. The van der Waals surface area contributed by atoms with E-state index in [0.717, 1.165) is 24.0 Å². The number of hydrogen-bond acceptors (Lipinski definition) is 1. The third kappa shape index (κ3) is 3.02. The normalized spacial score (nSPS) is 10.4. The van der Waals surface area contributed by atoms with E-state index in [1.54, 1.807) is 0 Å². The average molecular weight is 253 g/mol. The molecule has 0 saturated carbocycles. The van der Waals surface area contributed by atoms with Crippen molar-refractivity contribution in [1.82, 2.24) is 0 Å². The first-order valence-corrected chi connectivity index (χ1v) is 6.61. The van der Waals surface area contributed by atoms with Gasteiger partial charge in [0.1, 0.15) is 0 Å². The zero-order valence-corrected chi connectivity index (χ0v) is 11.4. The molecule has 0 aliphatic rings. The summed E-state index contributed by atoms with van der Waals surface area (Å²) in [7, 11) is 0. The van der Waals surface area contributed by atoms with Crippen LogP contribution in [-0.4, -0.2) is 5.91 Å². The predicted molar refractivity (Wildman–Crippen MR) is 79.1 cm³/mol. The van der Waals surface area contributed by atoms with E-state index in [9.17, 15) is 4.79 Å². The number of carbonyl (C=O) groups is 1. The Labute approximate surface area is 114 Å². The summed E-state index contributed by atoms with van der Waals surface area (Å²) >= 11 is 0. The largest absolute Gasteiger partial charge is 0.366 e. The maximum Gasteiger partial charge on any atom is 0.248 e. The summed E-state index contributed by atoms with van der Waals surface area (Å²) in [4.78, 5) is 11.4. The molecule has 0 bridgehead atoms. The monoisotopic (exact) mass is 253 g/mol. The molecule has 2 N–H and O–H groups in total.